The number of hydrogen-bond acceptors (Lipinski definition) is 4. The van der Waals surface area contributed by atoms with Crippen molar-refractivity contribution in [3.63, 3.8) is 0 Å². The second-order valence-electron chi connectivity index (χ2n) is 7.34. The molecule has 1 fully saturated rings. The minimum atomic E-state index is -0.853. The van der Waals surface area contributed by atoms with Crippen LogP contribution in [0.4, 0.5) is 0 Å². The number of rotatable bonds is 7. The summed E-state index contributed by atoms with van der Waals surface area (Å²) < 4.78 is 5.64. The van der Waals surface area contributed by atoms with Crippen LogP contribution in [-0.4, -0.2) is 72.7 Å². The lowest BCUT2D eigenvalue weighted by atomic mass is 9.90. The molecule has 0 aromatic rings. The van der Waals surface area contributed by atoms with Gasteiger partial charge in [0.2, 0.25) is 5.91 Å². The molecule has 1 heterocycles. The van der Waals surface area contributed by atoms with Crippen LogP contribution in [0.25, 0.3) is 0 Å². The van der Waals surface area contributed by atoms with Crippen LogP contribution in [0.1, 0.15) is 40.0 Å². The van der Waals surface area contributed by atoms with Crippen molar-refractivity contribution in [1.29, 1.82) is 0 Å². The van der Waals surface area contributed by atoms with Gasteiger partial charge in [-0.1, -0.05) is 20.8 Å². The van der Waals surface area contributed by atoms with Crippen LogP contribution in [0.2, 0.25) is 0 Å². The Morgan fingerprint density at radius 3 is 2.64 bits per heavy atom. The van der Waals surface area contributed by atoms with Gasteiger partial charge in [-0.3, -0.25) is 14.5 Å². The summed E-state index contributed by atoms with van der Waals surface area (Å²) in [6, 6.07) is 0. The summed E-state index contributed by atoms with van der Waals surface area (Å²) in [4.78, 5) is 26.5. The Bertz CT molecular complexity index is 379. The van der Waals surface area contributed by atoms with Gasteiger partial charge >= 0.3 is 5.97 Å². The second kappa shape index (κ2) is 8.48. The van der Waals surface area contributed by atoms with Gasteiger partial charge in [0.05, 0.1) is 19.3 Å². The molecule has 1 aliphatic rings. The Morgan fingerprint density at radius 2 is 2.05 bits per heavy atom. The highest BCUT2D eigenvalue weighted by atomic mass is 16.5. The molecule has 0 spiro atoms. The third-order valence-electron chi connectivity index (χ3n) is 3.73. The number of carbonyl (C=O) groups excluding carboxylic acids is 1. The van der Waals surface area contributed by atoms with E-state index < -0.39 is 5.97 Å². The van der Waals surface area contributed by atoms with Gasteiger partial charge in [0.15, 0.2) is 0 Å². The maximum absolute atomic E-state index is 12.3. The average molecular weight is 314 g/mol. The van der Waals surface area contributed by atoms with E-state index in [1.807, 2.05) is 4.90 Å². The van der Waals surface area contributed by atoms with Gasteiger partial charge < -0.3 is 14.7 Å². The van der Waals surface area contributed by atoms with Crippen molar-refractivity contribution < 1.29 is 19.4 Å². The molecule has 0 aliphatic carbocycles. The molecule has 1 rings (SSSR count). The number of likely N-dealkylation sites (N-methyl/N-ethyl adjacent to an activating group) is 1. The maximum Gasteiger partial charge on any atom is 0.317 e. The van der Waals surface area contributed by atoms with Crippen molar-refractivity contribution in [2.75, 3.05) is 39.8 Å². The number of amides is 1. The lowest BCUT2D eigenvalue weighted by molar-refractivity contribution is -0.142. The van der Waals surface area contributed by atoms with Gasteiger partial charge in [-0.25, -0.2) is 0 Å². The van der Waals surface area contributed by atoms with E-state index in [1.54, 1.807) is 11.9 Å². The Labute approximate surface area is 133 Å². The van der Waals surface area contributed by atoms with Crippen LogP contribution in [-0.2, 0) is 14.3 Å². The molecule has 0 saturated carbocycles. The number of morpholine rings is 1. The Kier molecular flexibility index (Phi) is 7.29. The van der Waals surface area contributed by atoms with Gasteiger partial charge in [-0.2, -0.15) is 0 Å². The number of carboxylic acids is 1. The van der Waals surface area contributed by atoms with Crippen LogP contribution < -0.4 is 0 Å². The molecule has 1 aliphatic heterocycles. The summed E-state index contributed by atoms with van der Waals surface area (Å²) in [6.07, 6.45) is 2.41. The molecule has 1 saturated heterocycles. The Morgan fingerprint density at radius 1 is 1.36 bits per heavy atom. The zero-order valence-electron chi connectivity index (χ0n) is 14.3. The second-order valence-corrected chi connectivity index (χ2v) is 7.34. The first-order valence-corrected chi connectivity index (χ1v) is 7.97. The fraction of sp³-hybridized carbons (Fsp3) is 0.875. The largest absolute Gasteiger partial charge is 0.480 e. The maximum atomic E-state index is 12.3. The molecule has 0 radical (unpaired) electrons. The minimum Gasteiger partial charge on any atom is -0.480 e. The fourth-order valence-electron chi connectivity index (χ4n) is 2.63. The summed E-state index contributed by atoms with van der Waals surface area (Å²) in [5, 5.41) is 8.77. The van der Waals surface area contributed by atoms with E-state index in [-0.39, 0.29) is 24.0 Å². The molecular weight excluding hydrogens is 284 g/mol. The molecule has 1 unspecified atom stereocenters. The molecule has 6 heteroatoms. The van der Waals surface area contributed by atoms with Crippen LogP contribution in [0.15, 0.2) is 0 Å². The van der Waals surface area contributed by atoms with Crippen LogP contribution >= 0.6 is 0 Å². The Hall–Kier alpha value is -1.14. The monoisotopic (exact) mass is 314 g/mol. The smallest absolute Gasteiger partial charge is 0.317 e. The average Bonchev–Trinajstić information content (AvgIpc) is 2.36. The quantitative estimate of drug-likeness (QED) is 0.770. The summed E-state index contributed by atoms with van der Waals surface area (Å²) in [5.74, 6) is -0.674. The van der Waals surface area contributed by atoms with E-state index in [4.69, 9.17) is 9.84 Å². The Balaban J connectivity index is 2.35. The summed E-state index contributed by atoms with van der Waals surface area (Å²) in [6.45, 7) is 8.77. The summed E-state index contributed by atoms with van der Waals surface area (Å²) in [7, 11) is 1.75. The van der Waals surface area contributed by atoms with Crippen molar-refractivity contribution >= 4 is 11.9 Å². The van der Waals surface area contributed by atoms with Crippen molar-refractivity contribution in [2.24, 2.45) is 5.41 Å². The predicted octanol–water partition coefficient (Wildman–Crippen LogP) is 1.45. The van der Waals surface area contributed by atoms with E-state index in [0.29, 0.717) is 32.7 Å². The molecule has 1 amide bonds. The highest BCUT2D eigenvalue weighted by molar-refractivity contribution is 5.76. The fourth-order valence-corrected chi connectivity index (χ4v) is 2.63. The van der Waals surface area contributed by atoms with Gasteiger partial charge in [0.1, 0.15) is 0 Å². The molecule has 0 aromatic heterocycles. The van der Waals surface area contributed by atoms with Gasteiger partial charge in [-0.15, -0.1) is 0 Å². The molecule has 6 nitrogen and oxygen atoms in total. The molecule has 0 bridgehead atoms. The van der Waals surface area contributed by atoms with Crippen LogP contribution in [0.3, 0.4) is 0 Å². The highest BCUT2D eigenvalue weighted by Gasteiger charge is 2.25. The minimum absolute atomic E-state index is 0.0145. The number of carboxylic acid groups (broad SMARTS) is 1. The van der Waals surface area contributed by atoms with E-state index >= 15 is 0 Å². The van der Waals surface area contributed by atoms with Crippen molar-refractivity contribution in [3.05, 3.63) is 0 Å². The summed E-state index contributed by atoms with van der Waals surface area (Å²) in [5.41, 5.74) is 0.257. The first-order chi connectivity index (χ1) is 10.2. The number of nitrogens with zero attached hydrogens (tertiary/aromatic N) is 2. The molecular formula is C16H30N2O4. The van der Waals surface area contributed by atoms with Crippen molar-refractivity contribution in [2.45, 2.75) is 46.1 Å². The van der Waals surface area contributed by atoms with E-state index in [1.165, 1.54) is 0 Å². The molecule has 1 atom stereocenters. The van der Waals surface area contributed by atoms with Crippen LogP contribution in [0, 0.1) is 5.41 Å². The van der Waals surface area contributed by atoms with Gasteiger partial charge in [-0.05, 0) is 25.3 Å². The number of carbonyl (C=O) groups is 2. The molecule has 128 valence electrons. The number of aliphatic carboxylic acids is 1. The van der Waals surface area contributed by atoms with Crippen LogP contribution in [0.5, 0.6) is 0 Å². The van der Waals surface area contributed by atoms with E-state index in [9.17, 15) is 9.59 Å². The van der Waals surface area contributed by atoms with Gasteiger partial charge in [0, 0.05) is 26.1 Å². The SMILES string of the molecule is CN(CC(=O)O)CC1CN(C(=O)CCCC(C)(C)C)CCO1. The van der Waals surface area contributed by atoms with Crippen molar-refractivity contribution in [3.8, 4) is 0 Å². The van der Waals surface area contributed by atoms with E-state index in [2.05, 4.69) is 20.8 Å². The topological polar surface area (TPSA) is 70.1 Å². The van der Waals surface area contributed by atoms with Crippen molar-refractivity contribution in [1.82, 2.24) is 9.80 Å². The third-order valence-corrected chi connectivity index (χ3v) is 3.73. The zero-order chi connectivity index (χ0) is 16.8. The standard InChI is InChI=1S/C16H30N2O4/c1-16(2,3)7-5-6-14(19)18-8-9-22-13(11-18)10-17(4)12-15(20)21/h13H,5-12H2,1-4H3,(H,20,21). The normalized spacial score (nSPS) is 19.5. The third kappa shape index (κ3) is 7.75. The number of ether oxygens (including phenoxy) is 1. The summed E-state index contributed by atoms with van der Waals surface area (Å²) >= 11 is 0. The lowest BCUT2D eigenvalue weighted by Crippen LogP contribution is -2.49. The number of hydrogen-bond donors (Lipinski definition) is 1. The first kappa shape index (κ1) is 18.9. The molecule has 22 heavy (non-hydrogen) atoms. The first-order valence-electron chi connectivity index (χ1n) is 7.97. The van der Waals surface area contributed by atoms with E-state index in [0.717, 1.165) is 12.8 Å². The lowest BCUT2D eigenvalue weighted by Gasteiger charge is -2.34. The highest BCUT2D eigenvalue weighted by Crippen LogP contribution is 2.22. The predicted molar refractivity (Wildman–Crippen MR) is 84.8 cm³/mol. The molecule has 1 N–H and O–H groups in total. The molecule has 0 aromatic carbocycles. The zero-order valence-corrected chi connectivity index (χ0v) is 14.3. The van der Waals surface area contributed by atoms with Gasteiger partial charge in [0.25, 0.3) is 0 Å².